The van der Waals surface area contributed by atoms with Crippen molar-refractivity contribution < 1.29 is 0 Å². The largest absolute Gasteiger partial charge is 0.0795 e. The van der Waals surface area contributed by atoms with E-state index >= 15 is 0 Å². The second kappa shape index (κ2) is 13.0. The van der Waals surface area contributed by atoms with E-state index in [0.717, 1.165) is 12.8 Å². The van der Waals surface area contributed by atoms with Gasteiger partial charge in [-0.3, -0.25) is 0 Å². The molecule has 9 aromatic rings. The summed E-state index contributed by atoms with van der Waals surface area (Å²) >= 11 is 0. The molecule has 9 aromatic carbocycles. The number of hydrogen-bond acceptors (Lipinski definition) is 0. The number of rotatable bonds is 5. The number of hydrogen-bond donors (Lipinski definition) is 0. The van der Waals surface area contributed by atoms with Crippen molar-refractivity contribution in [2.75, 3.05) is 0 Å². The van der Waals surface area contributed by atoms with Gasteiger partial charge in [0.25, 0.3) is 0 Å². The molecule has 0 amide bonds. The van der Waals surface area contributed by atoms with E-state index in [4.69, 9.17) is 0 Å². The maximum absolute atomic E-state index is 2.51. The molecule has 0 N–H and O–H groups in total. The molecule has 60 heavy (non-hydrogen) atoms. The van der Waals surface area contributed by atoms with Gasteiger partial charge in [0.1, 0.15) is 0 Å². The second-order valence-corrected chi connectivity index (χ2v) is 16.7. The van der Waals surface area contributed by atoms with Crippen LogP contribution in [0.3, 0.4) is 0 Å². The monoisotopic (exact) mass is 758 g/mol. The van der Waals surface area contributed by atoms with Gasteiger partial charge in [0.05, 0.1) is 0 Å². The third kappa shape index (κ3) is 5.04. The Hall–Kier alpha value is -7.54. The molecule has 13 rings (SSSR count). The van der Waals surface area contributed by atoms with E-state index in [1.165, 1.54) is 133 Å². The normalized spacial score (nSPS) is 14.7. The Morgan fingerprint density at radius 2 is 0.867 bits per heavy atom. The fraction of sp³-hybridized carbons (Fsp3) is 0.0333. The Kier molecular flexibility index (Phi) is 7.23. The summed E-state index contributed by atoms with van der Waals surface area (Å²) in [4.78, 5) is 0. The molecule has 4 aliphatic rings. The van der Waals surface area contributed by atoms with Crippen LogP contribution in [0.4, 0.5) is 0 Å². The first-order valence-electron chi connectivity index (χ1n) is 21.2. The van der Waals surface area contributed by atoms with Gasteiger partial charge in [-0.1, -0.05) is 170 Å². The van der Waals surface area contributed by atoms with Crippen molar-refractivity contribution in [3.05, 3.63) is 244 Å². The van der Waals surface area contributed by atoms with Gasteiger partial charge in [-0.05, 0) is 182 Å². The lowest BCUT2D eigenvalue weighted by molar-refractivity contribution is 1.30. The third-order valence-corrected chi connectivity index (χ3v) is 13.4. The van der Waals surface area contributed by atoms with E-state index in [1.807, 2.05) is 0 Å². The van der Waals surface area contributed by atoms with Gasteiger partial charge in [-0.15, -0.1) is 0 Å². The van der Waals surface area contributed by atoms with Gasteiger partial charge in [-0.2, -0.15) is 0 Å². The summed E-state index contributed by atoms with van der Waals surface area (Å²) in [6.07, 6.45) is 13.7. The minimum atomic E-state index is 0.998. The fourth-order valence-corrected chi connectivity index (χ4v) is 10.5. The molecule has 4 aliphatic carbocycles. The van der Waals surface area contributed by atoms with E-state index in [-0.39, 0.29) is 0 Å². The highest BCUT2D eigenvalue weighted by Gasteiger charge is 2.37. The Morgan fingerprint density at radius 3 is 1.60 bits per heavy atom. The Balaban J connectivity index is 1.09. The summed E-state index contributed by atoms with van der Waals surface area (Å²) in [5.41, 5.74) is 23.3. The van der Waals surface area contributed by atoms with Gasteiger partial charge in [0, 0.05) is 0 Å². The predicted octanol–water partition coefficient (Wildman–Crippen LogP) is 15.6. The van der Waals surface area contributed by atoms with Crippen molar-refractivity contribution in [3.63, 3.8) is 0 Å². The van der Waals surface area contributed by atoms with E-state index in [0.29, 0.717) is 0 Å². The fourth-order valence-electron chi connectivity index (χ4n) is 10.5. The van der Waals surface area contributed by atoms with Crippen molar-refractivity contribution in [2.45, 2.75) is 12.8 Å². The van der Waals surface area contributed by atoms with Gasteiger partial charge in [0.15, 0.2) is 0 Å². The molecule has 278 valence electrons. The standard InChI is InChI=1S/C60H38/c1-3-11-39(12-4-1)53-34-48-35-56-57(46-25-21-37-16-9-18-43(37)31-46)59(47-26-22-38-17-10-19-44(38)32-47)58(42-14-5-2-6-15-42)60(56)55(48)36-54(53)45-24-23-41-28-29-50-49-20-8-7-13-40(49)27-30-51(50)52(41)33-45/h1-15,18-36H,16-17H2. The molecule has 0 saturated carbocycles. The summed E-state index contributed by atoms with van der Waals surface area (Å²) in [5, 5.41) is 7.68. The minimum Gasteiger partial charge on any atom is -0.0795 e. The SMILES string of the molecule is C1=Cc2cc(C3=C(c4ccc5c(c4)C=CC5)C(c4ccccc4)=C4C3=Cc3cc(-c5ccccc5)c(-c5ccc6ccc7c8ccccc8ccc7c6c5)cc34)ccc2C1. The summed E-state index contributed by atoms with van der Waals surface area (Å²) in [7, 11) is 0. The van der Waals surface area contributed by atoms with E-state index in [1.54, 1.807) is 0 Å². The lowest BCUT2D eigenvalue weighted by atomic mass is 9.85. The quantitative estimate of drug-likeness (QED) is 0.153. The Labute approximate surface area is 350 Å². The molecule has 0 heterocycles. The molecule has 0 spiro atoms. The van der Waals surface area contributed by atoms with Gasteiger partial charge >= 0.3 is 0 Å². The summed E-state index contributed by atoms with van der Waals surface area (Å²) < 4.78 is 0. The summed E-state index contributed by atoms with van der Waals surface area (Å²) in [6.45, 7) is 0. The zero-order chi connectivity index (χ0) is 39.3. The van der Waals surface area contributed by atoms with Crippen LogP contribution < -0.4 is 0 Å². The third-order valence-electron chi connectivity index (χ3n) is 13.4. The second-order valence-electron chi connectivity index (χ2n) is 16.7. The van der Waals surface area contributed by atoms with Crippen LogP contribution in [0, 0.1) is 0 Å². The Bertz CT molecular complexity index is 3490. The minimum absolute atomic E-state index is 0.998. The van der Waals surface area contributed by atoms with Crippen LogP contribution in [0.5, 0.6) is 0 Å². The molecule has 0 aromatic heterocycles. The van der Waals surface area contributed by atoms with Crippen molar-refractivity contribution in [3.8, 4) is 22.3 Å². The van der Waals surface area contributed by atoms with Gasteiger partial charge in [0.2, 0.25) is 0 Å². The molecule has 0 nitrogen and oxygen atoms in total. The van der Waals surface area contributed by atoms with Crippen molar-refractivity contribution >= 4 is 72.8 Å². The average molecular weight is 759 g/mol. The first kappa shape index (κ1) is 33.4. The number of allylic oxidation sites excluding steroid dienone is 7. The van der Waals surface area contributed by atoms with Crippen molar-refractivity contribution in [1.29, 1.82) is 0 Å². The first-order chi connectivity index (χ1) is 29.7. The Morgan fingerprint density at radius 1 is 0.300 bits per heavy atom. The summed E-state index contributed by atoms with van der Waals surface area (Å²) in [5.74, 6) is 0. The number of fused-ring (bicyclic) bond motifs is 10. The maximum atomic E-state index is 2.51. The summed E-state index contributed by atoms with van der Waals surface area (Å²) in [6, 6.07) is 66.4. The van der Waals surface area contributed by atoms with Crippen molar-refractivity contribution in [1.82, 2.24) is 0 Å². The molecule has 0 atom stereocenters. The molecular formula is C60H38. The molecule has 0 aliphatic heterocycles. The van der Waals surface area contributed by atoms with Crippen molar-refractivity contribution in [2.24, 2.45) is 0 Å². The molecule has 0 fully saturated rings. The lowest BCUT2D eigenvalue weighted by Gasteiger charge is -2.18. The maximum Gasteiger partial charge on any atom is -0.00134 e. The molecule has 0 radical (unpaired) electrons. The molecule has 0 unspecified atom stereocenters. The highest BCUT2D eigenvalue weighted by atomic mass is 14.4. The van der Waals surface area contributed by atoms with Gasteiger partial charge < -0.3 is 0 Å². The van der Waals surface area contributed by atoms with E-state index < -0.39 is 0 Å². The lowest BCUT2D eigenvalue weighted by Crippen LogP contribution is -1.96. The van der Waals surface area contributed by atoms with E-state index in [9.17, 15) is 0 Å². The van der Waals surface area contributed by atoms with Gasteiger partial charge in [-0.25, -0.2) is 0 Å². The van der Waals surface area contributed by atoms with Crippen LogP contribution in [-0.4, -0.2) is 0 Å². The van der Waals surface area contributed by atoms with Crippen LogP contribution in [-0.2, 0) is 12.8 Å². The average Bonchev–Trinajstić information content (AvgIpc) is 4.12. The molecule has 0 saturated heterocycles. The predicted molar refractivity (Wildman–Crippen MR) is 256 cm³/mol. The van der Waals surface area contributed by atoms with Crippen LogP contribution in [0.2, 0.25) is 0 Å². The zero-order valence-electron chi connectivity index (χ0n) is 33.0. The molecular weight excluding hydrogens is 721 g/mol. The first-order valence-corrected chi connectivity index (χ1v) is 21.2. The number of benzene rings is 9. The van der Waals surface area contributed by atoms with Crippen LogP contribution in [0.15, 0.2) is 194 Å². The highest BCUT2D eigenvalue weighted by molar-refractivity contribution is 6.37. The van der Waals surface area contributed by atoms with Crippen LogP contribution in [0.1, 0.15) is 50.1 Å². The topological polar surface area (TPSA) is 0 Å². The molecule has 0 heteroatoms. The van der Waals surface area contributed by atoms with Crippen LogP contribution >= 0.6 is 0 Å². The zero-order valence-corrected chi connectivity index (χ0v) is 33.0. The van der Waals surface area contributed by atoms with E-state index in [2.05, 4.69) is 206 Å². The van der Waals surface area contributed by atoms with Crippen LogP contribution in [0.25, 0.3) is 95.1 Å². The smallest absolute Gasteiger partial charge is 0.00134 e. The molecule has 0 bridgehead atoms. The highest BCUT2D eigenvalue weighted by Crippen LogP contribution is 2.59.